The molecule has 0 atom stereocenters. The van der Waals surface area contributed by atoms with Crippen LogP contribution < -0.4 is 11.3 Å². The fourth-order valence-corrected chi connectivity index (χ4v) is 0.771. The second kappa shape index (κ2) is 6.71. The summed E-state index contributed by atoms with van der Waals surface area (Å²) in [6.07, 6.45) is 3.36. The topological polar surface area (TPSA) is 72.9 Å². The zero-order valence-corrected chi connectivity index (χ0v) is 8.69. The first-order valence-electron chi connectivity index (χ1n) is 3.21. The number of hydrogen-bond donors (Lipinski definition) is 2. The van der Waals surface area contributed by atoms with Gasteiger partial charge < -0.3 is 4.57 Å². The summed E-state index contributed by atoms with van der Waals surface area (Å²) in [5, 5.41) is 0. The average Bonchev–Trinajstić information content (AvgIpc) is 2.37. The van der Waals surface area contributed by atoms with Crippen LogP contribution in [0.4, 0.5) is 0 Å². The smallest absolute Gasteiger partial charge is 0.253 e. The number of hydrazine groups is 1. The molecule has 0 saturated carbocycles. The van der Waals surface area contributed by atoms with E-state index in [2.05, 4.69) is 4.98 Å². The van der Waals surface area contributed by atoms with E-state index in [1.165, 1.54) is 0 Å². The monoisotopic (exact) mass is 226 g/mol. The van der Waals surface area contributed by atoms with Crippen molar-refractivity contribution in [1.29, 1.82) is 0 Å². The summed E-state index contributed by atoms with van der Waals surface area (Å²) < 4.78 is 1.71. The summed E-state index contributed by atoms with van der Waals surface area (Å²) in [7, 11) is 0. The fraction of sp³-hybridized carbons (Fsp3) is 0.333. The van der Waals surface area contributed by atoms with Gasteiger partial charge in [-0.3, -0.25) is 10.2 Å². The molecule has 1 heterocycles. The Bertz CT molecular complexity index is 263. The van der Waals surface area contributed by atoms with E-state index in [4.69, 9.17) is 5.84 Å². The van der Waals surface area contributed by atoms with E-state index in [1.54, 1.807) is 17.0 Å². The van der Waals surface area contributed by atoms with E-state index >= 15 is 0 Å². The summed E-state index contributed by atoms with van der Waals surface area (Å²) in [6, 6.07) is 0. The van der Waals surface area contributed by atoms with Crippen LogP contribution in [0.3, 0.4) is 0 Å². The van der Waals surface area contributed by atoms with Crippen molar-refractivity contribution in [2.75, 3.05) is 0 Å². The Kier molecular flexibility index (Phi) is 7.60. The summed E-state index contributed by atoms with van der Waals surface area (Å²) in [4.78, 5) is 14.7. The van der Waals surface area contributed by atoms with E-state index in [9.17, 15) is 4.79 Å². The molecule has 7 heteroatoms. The highest BCUT2D eigenvalue weighted by atomic mass is 35.5. The van der Waals surface area contributed by atoms with Crippen molar-refractivity contribution < 1.29 is 4.79 Å². The lowest BCUT2D eigenvalue weighted by Gasteiger charge is -2.01. The number of nitrogens with one attached hydrogen (secondary N) is 1. The lowest BCUT2D eigenvalue weighted by Crippen LogP contribution is -2.33. The number of carbonyl (C=O) groups is 1. The van der Waals surface area contributed by atoms with Gasteiger partial charge in [-0.05, 0) is 6.92 Å². The van der Waals surface area contributed by atoms with Crippen LogP contribution in [0, 0.1) is 6.92 Å². The molecular formula is C6H12Cl2N4O. The second-order valence-corrected chi connectivity index (χ2v) is 2.17. The van der Waals surface area contributed by atoms with E-state index in [1.807, 2.05) is 12.3 Å². The van der Waals surface area contributed by atoms with Crippen molar-refractivity contribution in [2.24, 2.45) is 5.84 Å². The van der Waals surface area contributed by atoms with E-state index < -0.39 is 0 Å². The molecule has 0 aliphatic carbocycles. The Morgan fingerprint density at radius 2 is 2.31 bits per heavy atom. The maximum Gasteiger partial charge on any atom is 0.253 e. The first kappa shape index (κ1) is 14.7. The Morgan fingerprint density at radius 1 is 1.69 bits per heavy atom. The van der Waals surface area contributed by atoms with Gasteiger partial charge in [0.15, 0.2) is 0 Å². The van der Waals surface area contributed by atoms with Gasteiger partial charge in [-0.2, -0.15) is 0 Å². The molecule has 0 aromatic carbocycles. The van der Waals surface area contributed by atoms with Crippen molar-refractivity contribution in [3.63, 3.8) is 0 Å². The molecule has 0 fully saturated rings. The molecule has 0 bridgehead atoms. The number of nitrogens with zero attached hydrogens (tertiary/aromatic N) is 2. The van der Waals surface area contributed by atoms with Gasteiger partial charge in [-0.1, -0.05) is 0 Å². The molecule has 0 radical (unpaired) electrons. The SMILES string of the molecule is Cc1nccn1CC(=O)NN.Cl.Cl. The Hall–Kier alpha value is -0.780. The number of carbonyl (C=O) groups excluding carboxylic acids is 1. The lowest BCUT2D eigenvalue weighted by atomic mass is 10.5. The van der Waals surface area contributed by atoms with Gasteiger partial charge in [0.25, 0.3) is 5.91 Å². The number of rotatable bonds is 2. The van der Waals surface area contributed by atoms with Crippen molar-refractivity contribution in [1.82, 2.24) is 15.0 Å². The molecule has 0 unspecified atom stereocenters. The minimum Gasteiger partial charge on any atom is -0.326 e. The first-order valence-corrected chi connectivity index (χ1v) is 3.21. The molecule has 1 rings (SSSR count). The molecule has 0 aliphatic heterocycles. The zero-order chi connectivity index (χ0) is 8.27. The summed E-state index contributed by atoms with van der Waals surface area (Å²) in [6.45, 7) is 2.05. The molecule has 5 nitrogen and oxygen atoms in total. The molecular weight excluding hydrogens is 215 g/mol. The second-order valence-electron chi connectivity index (χ2n) is 2.17. The third-order valence-corrected chi connectivity index (χ3v) is 1.40. The Balaban J connectivity index is 0. The molecule has 1 amide bonds. The van der Waals surface area contributed by atoms with Crippen LogP contribution in [0.5, 0.6) is 0 Å². The van der Waals surface area contributed by atoms with Gasteiger partial charge in [0.1, 0.15) is 12.4 Å². The molecule has 0 saturated heterocycles. The quantitative estimate of drug-likeness (QED) is 0.425. The van der Waals surface area contributed by atoms with Crippen LogP contribution in [-0.2, 0) is 11.3 Å². The van der Waals surface area contributed by atoms with Crippen LogP contribution in [0.25, 0.3) is 0 Å². The van der Waals surface area contributed by atoms with Gasteiger partial charge in [-0.15, -0.1) is 24.8 Å². The van der Waals surface area contributed by atoms with Crippen LogP contribution in [0.1, 0.15) is 5.82 Å². The van der Waals surface area contributed by atoms with Gasteiger partial charge >= 0.3 is 0 Å². The standard InChI is InChI=1S/C6H10N4O.2ClH/c1-5-8-2-3-10(5)4-6(11)9-7;;/h2-3H,4,7H2,1H3,(H,9,11);2*1H. The molecule has 76 valence electrons. The van der Waals surface area contributed by atoms with Crippen LogP contribution >= 0.6 is 24.8 Å². The van der Waals surface area contributed by atoms with Crippen LogP contribution in [0.15, 0.2) is 12.4 Å². The minimum absolute atomic E-state index is 0. The lowest BCUT2D eigenvalue weighted by molar-refractivity contribution is -0.121. The zero-order valence-electron chi connectivity index (χ0n) is 7.06. The molecule has 0 aliphatic rings. The summed E-state index contributed by atoms with van der Waals surface area (Å²) in [5.74, 6) is 5.47. The maximum absolute atomic E-state index is 10.7. The van der Waals surface area contributed by atoms with Gasteiger partial charge in [-0.25, -0.2) is 10.8 Å². The first-order chi connectivity index (χ1) is 5.24. The molecule has 0 spiro atoms. The third kappa shape index (κ3) is 4.12. The predicted octanol–water partition coefficient (Wildman–Crippen LogP) is 0.0250. The molecule has 13 heavy (non-hydrogen) atoms. The number of hydrogen-bond acceptors (Lipinski definition) is 3. The predicted molar refractivity (Wildman–Crippen MR) is 53.8 cm³/mol. The molecule has 3 N–H and O–H groups in total. The highest BCUT2D eigenvalue weighted by Gasteiger charge is 2.01. The highest BCUT2D eigenvalue weighted by Crippen LogP contribution is 1.93. The summed E-state index contributed by atoms with van der Waals surface area (Å²) in [5.41, 5.74) is 2.04. The normalized spacial score (nSPS) is 8.15. The number of nitrogens with two attached hydrogens (primary N) is 1. The highest BCUT2D eigenvalue weighted by molar-refractivity contribution is 5.85. The number of aromatic nitrogens is 2. The van der Waals surface area contributed by atoms with Gasteiger partial charge in [0, 0.05) is 12.4 Å². The van der Waals surface area contributed by atoms with Crippen LogP contribution in [-0.4, -0.2) is 15.5 Å². The fourth-order valence-electron chi connectivity index (χ4n) is 0.771. The van der Waals surface area contributed by atoms with Crippen molar-refractivity contribution >= 4 is 30.7 Å². The van der Waals surface area contributed by atoms with E-state index in [0.717, 1.165) is 5.82 Å². The Morgan fingerprint density at radius 3 is 2.69 bits per heavy atom. The minimum atomic E-state index is -0.230. The summed E-state index contributed by atoms with van der Waals surface area (Å²) >= 11 is 0. The number of imidazole rings is 1. The third-order valence-electron chi connectivity index (χ3n) is 1.40. The van der Waals surface area contributed by atoms with Gasteiger partial charge in [0.05, 0.1) is 0 Å². The number of aryl methyl sites for hydroxylation is 1. The number of amides is 1. The van der Waals surface area contributed by atoms with Crippen molar-refractivity contribution in [2.45, 2.75) is 13.5 Å². The average molecular weight is 227 g/mol. The van der Waals surface area contributed by atoms with E-state index in [-0.39, 0.29) is 37.3 Å². The van der Waals surface area contributed by atoms with E-state index in [0.29, 0.717) is 0 Å². The van der Waals surface area contributed by atoms with Crippen molar-refractivity contribution in [3.05, 3.63) is 18.2 Å². The van der Waals surface area contributed by atoms with Crippen LogP contribution in [0.2, 0.25) is 0 Å². The number of halogens is 2. The largest absolute Gasteiger partial charge is 0.326 e. The molecule has 1 aromatic heterocycles. The van der Waals surface area contributed by atoms with Gasteiger partial charge in [0.2, 0.25) is 0 Å². The maximum atomic E-state index is 10.7. The van der Waals surface area contributed by atoms with Crippen molar-refractivity contribution in [3.8, 4) is 0 Å². The Labute approximate surface area is 88.5 Å². The molecule has 1 aromatic rings.